The molecule has 2 heterocycles. The number of para-hydroxylation sites is 1. The maximum atomic E-state index is 10.0. The fraction of sp³-hybridized carbons (Fsp3) is 0.214. The molecule has 4 nitrogen and oxygen atoms in total. The smallest absolute Gasteiger partial charge is 0.212 e. The Morgan fingerprint density at radius 2 is 1.65 bits per heavy atom. The molecule has 0 amide bonds. The van der Waals surface area contributed by atoms with Crippen LogP contribution in [0.15, 0.2) is 72.5 Å². The number of carbonyl (C=O) groups is 1. The minimum atomic E-state index is -0.125. The van der Waals surface area contributed by atoms with E-state index < -0.39 is 0 Å². The third-order valence-electron chi connectivity index (χ3n) is 5.47. The Morgan fingerprint density at radius 3 is 2.18 bits per heavy atom. The van der Waals surface area contributed by atoms with Gasteiger partial charge in [-0.2, -0.15) is 0 Å². The molecule has 3 aromatic rings. The molecule has 1 aliphatic rings. The van der Waals surface area contributed by atoms with Gasteiger partial charge in [-0.15, -0.1) is 17.6 Å². The molecule has 2 aromatic carbocycles. The number of benzene rings is 2. The average molecular weight is 632 g/mol. The molecule has 0 aliphatic carbocycles. The van der Waals surface area contributed by atoms with Gasteiger partial charge in [-0.25, -0.2) is 0 Å². The number of aromatic nitrogens is 1. The molecular weight excluding hydrogens is 602 g/mol. The van der Waals surface area contributed by atoms with Crippen molar-refractivity contribution in [2.45, 2.75) is 41.5 Å². The quantitative estimate of drug-likeness (QED) is 0.192. The van der Waals surface area contributed by atoms with Crippen molar-refractivity contribution in [3.63, 3.8) is 0 Å². The van der Waals surface area contributed by atoms with Crippen molar-refractivity contribution >= 4 is 34.9 Å². The van der Waals surface area contributed by atoms with Crippen LogP contribution in [0.4, 0.5) is 11.5 Å². The van der Waals surface area contributed by atoms with E-state index in [4.69, 9.17) is 5.11 Å². The van der Waals surface area contributed by atoms with Crippen molar-refractivity contribution in [2.75, 3.05) is 4.90 Å². The second-order valence-corrected chi connectivity index (χ2v) is 8.57. The van der Waals surface area contributed by atoms with Gasteiger partial charge in [0.05, 0.1) is 5.76 Å². The van der Waals surface area contributed by atoms with Gasteiger partial charge in [0.25, 0.3) is 0 Å². The second-order valence-electron chi connectivity index (χ2n) is 8.57. The number of aliphatic hydroxyl groups excluding tert-OH is 1. The zero-order valence-corrected chi connectivity index (χ0v) is 22.8. The van der Waals surface area contributed by atoms with Crippen LogP contribution in [0.5, 0.6) is 0 Å². The summed E-state index contributed by atoms with van der Waals surface area (Å²) in [5.41, 5.74) is 8.97. The summed E-state index contributed by atoms with van der Waals surface area (Å²) in [5, 5.41) is 8.36. The van der Waals surface area contributed by atoms with E-state index >= 15 is 0 Å². The Hall–Kier alpha value is -2.91. The van der Waals surface area contributed by atoms with E-state index in [1.54, 1.807) is 0 Å². The number of anilines is 2. The number of rotatable bonds is 3. The van der Waals surface area contributed by atoms with Crippen LogP contribution in [0, 0.1) is 33.9 Å². The standard InChI is InChI=1S/C23H22BN2.C5H8O2.Pt/c1-16-9-10-22(25-15-16)26-12-11-24(20-7-5-6-8-21(20)26)23-18(3)13-17(2)14-19(23)4;1-4(6)3-5(2)7;/h5-11,13-15H,1-4H3;3,6H,1-2H3;/q-1;;/b;4-3-;. The van der Waals surface area contributed by atoms with Gasteiger partial charge in [-0.05, 0) is 47.1 Å². The van der Waals surface area contributed by atoms with E-state index in [-0.39, 0.29) is 39.3 Å². The normalized spacial score (nSPS) is 12.4. The van der Waals surface area contributed by atoms with Gasteiger partial charge in [0.1, 0.15) is 0 Å². The molecule has 1 aromatic heterocycles. The van der Waals surface area contributed by atoms with Crippen LogP contribution in [-0.2, 0) is 25.9 Å². The number of aryl methyl sites for hydroxylation is 4. The Bertz CT molecular complexity index is 1190. The molecule has 1 aliphatic heterocycles. The van der Waals surface area contributed by atoms with E-state index in [0.717, 1.165) is 17.1 Å². The first-order chi connectivity index (χ1) is 15.7. The topological polar surface area (TPSA) is 53.4 Å². The van der Waals surface area contributed by atoms with Crippen LogP contribution in [-0.4, -0.2) is 22.6 Å². The summed E-state index contributed by atoms with van der Waals surface area (Å²) >= 11 is 0. The fourth-order valence-electron chi connectivity index (χ4n) is 4.26. The molecule has 34 heavy (non-hydrogen) atoms. The number of allylic oxidation sites excluding steroid dienone is 2. The van der Waals surface area contributed by atoms with E-state index in [2.05, 4.69) is 98.3 Å². The number of hydrogen-bond donors (Lipinski definition) is 1. The Balaban J connectivity index is 0.000000449. The van der Waals surface area contributed by atoms with Crippen LogP contribution in [0.2, 0.25) is 0 Å². The third-order valence-corrected chi connectivity index (χ3v) is 5.47. The van der Waals surface area contributed by atoms with Gasteiger partial charge in [0, 0.05) is 39.2 Å². The molecule has 0 fully saturated rings. The molecule has 0 radical (unpaired) electrons. The van der Waals surface area contributed by atoms with Crippen molar-refractivity contribution in [3.05, 3.63) is 101 Å². The molecule has 0 saturated heterocycles. The summed E-state index contributed by atoms with van der Waals surface area (Å²) in [6.07, 6.45) is 6.54. The monoisotopic (exact) mass is 632 g/mol. The zero-order chi connectivity index (χ0) is 24.1. The number of hydrogen-bond acceptors (Lipinski definition) is 4. The first-order valence-electron chi connectivity index (χ1n) is 11.0. The number of pyridine rings is 1. The molecule has 0 atom stereocenters. The molecule has 0 saturated carbocycles. The molecule has 0 unspecified atom stereocenters. The van der Waals surface area contributed by atoms with Crippen molar-refractivity contribution in [1.82, 2.24) is 4.98 Å². The van der Waals surface area contributed by atoms with Gasteiger partial charge in [-0.1, -0.05) is 76.4 Å². The van der Waals surface area contributed by atoms with Crippen molar-refractivity contribution in [2.24, 2.45) is 0 Å². The molecule has 0 spiro atoms. The average Bonchev–Trinajstić information content (AvgIpc) is 2.73. The van der Waals surface area contributed by atoms with E-state index in [9.17, 15) is 4.79 Å². The molecule has 6 heteroatoms. The van der Waals surface area contributed by atoms with Crippen LogP contribution in [0.1, 0.15) is 36.1 Å². The largest absolute Gasteiger partial charge is 0.512 e. The number of carbonyl (C=O) groups excluding carboxylic acids is 1. The predicted molar refractivity (Wildman–Crippen MR) is 138 cm³/mol. The van der Waals surface area contributed by atoms with Gasteiger partial charge in [-0.3, -0.25) is 4.79 Å². The van der Waals surface area contributed by atoms with Gasteiger partial charge < -0.3 is 15.0 Å². The molecule has 178 valence electrons. The number of aliphatic hydroxyl groups is 1. The van der Waals surface area contributed by atoms with Crippen molar-refractivity contribution in [3.8, 4) is 0 Å². The van der Waals surface area contributed by atoms with E-state index in [0.29, 0.717) is 0 Å². The Labute approximate surface area is 217 Å². The Morgan fingerprint density at radius 1 is 1.00 bits per heavy atom. The number of fused-ring (bicyclic) bond motifs is 1. The Kier molecular flexibility index (Phi) is 9.64. The maximum Gasteiger partial charge on any atom is 0.212 e. The first-order valence-corrected chi connectivity index (χ1v) is 11.0. The molecule has 1 N–H and O–H groups in total. The van der Waals surface area contributed by atoms with Crippen molar-refractivity contribution in [1.29, 1.82) is 0 Å². The third kappa shape index (κ3) is 6.58. The van der Waals surface area contributed by atoms with Crippen LogP contribution in [0.25, 0.3) is 0 Å². The maximum absolute atomic E-state index is 10.0. The van der Waals surface area contributed by atoms with E-state index in [1.165, 1.54) is 47.5 Å². The van der Waals surface area contributed by atoms with Crippen molar-refractivity contribution < 1.29 is 31.0 Å². The summed E-state index contributed by atoms with van der Waals surface area (Å²) in [5.74, 6) is 3.01. The summed E-state index contributed by atoms with van der Waals surface area (Å²) in [7, 11) is 0. The number of ketones is 1. The summed E-state index contributed by atoms with van der Waals surface area (Å²) in [4.78, 5) is 16.7. The minimum Gasteiger partial charge on any atom is -0.512 e. The van der Waals surface area contributed by atoms with Crippen LogP contribution < -0.4 is 15.8 Å². The summed E-state index contributed by atoms with van der Waals surface area (Å²) in [6.45, 7) is 11.7. The van der Waals surface area contributed by atoms with E-state index in [1.807, 2.05) is 6.20 Å². The zero-order valence-electron chi connectivity index (χ0n) is 20.5. The van der Waals surface area contributed by atoms with Crippen LogP contribution in [0.3, 0.4) is 0 Å². The van der Waals surface area contributed by atoms with Gasteiger partial charge in [0.15, 0.2) is 5.78 Å². The van der Waals surface area contributed by atoms with Gasteiger partial charge >= 0.3 is 0 Å². The molecule has 4 rings (SSSR count). The SMILES string of the molecule is CC(=O)/C=C(/C)O.Cc1ccc(N2[C-]=CB(c3c(C)cc(C)cc3C)c3ccccc32)nc1.[Pt]. The fourth-order valence-corrected chi connectivity index (χ4v) is 4.26. The molecule has 0 bridgehead atoms. The van der Waals surface area contributed by atoms with Crippen LogP contribution >= 0.6 is 0 Å². The summed E-state index contributed by atoms with van der Waals surface area (Å²) < 4.78 is 0. The molecular formula is C28H30BN2O2Pt-. The second kappa shape index (κ2) is 12.0. The number of nitrogens with zero attached hydrogens (tertiary/aromatic N) is 2. The first kappa shape index (κ1) is 27.3. The van der Waals surface area contributed by atoms with Gasteiger partial charge in [0.2, 0.25) is 6.71 Å². The summed E-state index contributed by atoms with van der Waals surface area (Å²) in [6, 6.07) is 17.3. The minimum absolute atomic E-state index is 0. The predicted octanol–water partition coefficient (Wildman–Crippen LogP) is 4.97.